The van der Waals surface area contributed by atoms with Gasteiger partial charge in [0.15, 0.2) is 5.65 Å². The van der Waals surface area contributed by atoms with Crippen molar-refractivity contribution >= 4 is 28.4 Å². The van der Waals surface area contributed by atoms with E-state index in [4.69, 9.17) is 4.98 Å². The Labute approximate surface area is 223 Å². The molecule has 2 saturated heterocycles. The average molecular weight is 515 g/mol. The molecule has 0 saturated carbocycles. The highest BCUT2D eigenvalue weighted by Gasteiger charge is 2.36. The third kappa shape index (κ3) is 4.22. The second kappa shape index (κ2) is 9.08. The normalized spacial score (nSPS) is 18.1. The fraction of sp³-hybridized carbons (Fsp3) is 0.517. The van der Waals surface area contributed by atoms with Crippen LogP contribution in [0.1, 0.15) is 50.3 Å². The Hall–Kier alpha value is -3.46. The number of H-pyrrole nitrogens is 1. The maximum atomic E-state index is 12.8. The van der Waals surface area contributed by atoms with Crippen LogP contribution in [0.3, 0.4) is 0 Å². The molecule has 2 aliphatic heterocycles. The number of aromatic nitrogens is 5. The van der Waals surface area contributed by atoms with Crippen molar-refractivity contribution in [2.24, 2.45) is 5.41 Å². The number of aromatic amines is 1. The molecule has 9 heteroatoms. The first-order chi connectivity index (χ1) is 18.1. The minimum atomic E-state index is 0.246. The van der Waals surface area contributed by atoms with Gasteiger partial charge in [-0.25, -0.2) is 14.5 Å². The molecule has 9 nitrogen and oxygen atoms in total. The highest BCUT2D eigenvalue weighted by molar-refractivity contribution is 5.90. The summed E-state index contributed by atoms with van der Waals surface area (Å²) in [4.78, 5) is 32.7. The summed E-state index contributed by atoms with van der Waals surface area (Å²) in [5.41, 5.74) is 9.06. The van der Waals surface area contributed by atoms with E-state index in [-0.39, 0.29) is 11.8 Å². The lowest BCUT2D eigenvalue weighted by Gasteiger charge is -2.46. The molecule has 4 aromatic heterocycles. The average Bonchev–Trinajstić information content (AvgIpc) is 3.49. The molecule has 2 fully saturated rings. The number of carbonyl (C=O) groups excluding carboxylic acids is 1. The molecule has 0 bridgehead atoms. The molecular weight excluding hydrogens is 476 g/mol. The fourth-order valence-electron chi connectivity index (χ4n) is 6.23. The Morgan fingerprint density at radius 2 is 1.82 bits per heavy atom. The number of fused-ring (bicyclic) bond motifs is 2. The summed E-state index contributed by atoms with van der Waals surface area (Å²) in [7, 11) is 0. The lowest BCUT2D eigenvalue weighted by atomic mass is 9.84. The first-order valence-electron chi connectivity index (χ1n) is 13.7. The third-order valence-electron chi connectivity index (χ3n) is 8.26. The summed E-state index contributed by atoms with van der Waals surface area (Å²) in [6.45, 7) is 18.8. The van der Waals surface area contributed by atoms with E-state index in [1.807, 2.05) is 9.42 Å². The Morgan fingerprint density at radius 3 is 2.50 bits per heavy atom. The first kappa shape index (κ1) is 24.9. The number of piperazine rings is 1. The van der Waals surface area contributed by atoms with Crippen LogP contribution >= 0.6 is 0 Å². The summed E-state index contributed by atoms with van der Waals surface area (Å²) >= 11 is 0. The number of rotatable bonds is 5. The predicted octanol–water partition coefficient (Wildman–Crippen LogP) is 4.00. The Bertz CT molecular complexity index is 1510. The van der Waals surface area contributed by atoms with Crippen molar-refractivity contribution in [2.45, 2.75) is 47.5 Å². The number of carbonyl (C=O) groups is 1. The van der Waals surface area contributed by atoms with Gasteiger partial charge in [-0.15, -0.1) is 0 Å². The van der Waals surface area contributed by atoms with Gasteiger partial charge in [0, 0.05) is 56.6 Å². The minimum Gasteiger partial charge on any atom is -0.353 e. The zero-order chi connectivity index (χ0) is 26.8. The number of aryl methyl sites for hydroxylation is 1. The van der Waals surface area contributed by atoms with Gasteiger partial charge in [0.05, 0.1) is 23.3 Å². The molecule has 4 aromatic rings. The van der Waals surface area contributed by atoms with E-state index in [2.05, 4.69) is 84.7 Å². The van der Waals surface area contributed by atoms with Crippen molar-refractivity contribution in [1.82, 2.24) is 34.4 Å². The SMILES string of the molecule is Cc1c(-c2[nH]c3ccc(N4CCN(C(=O)CN5CC(C)(C)C5)CC4)nc3c2C(C)C)cn2ncnc2c1C. The number of anilines is 1. The van der Waals surface area contributed by atoms with E-state index < -0.39 is 0 Å². The molecule has 6 heterocycles. The summed E-state index contributed by atoms with van der Waals surface area (Å²) in [6, 6.07) is 4.25. The molecule has 6 rings (SSSR count). The molecule has 0 radical (unpaired) electrons. The summed E-state index contributed by atoms with van der Waals surface area (Å²) in [6.07, 6.45) is 3.67. The summed E-state index contributed by atoms with van der Waals surface area (Å²) in [5.74, 6) is 1.51. The van der Waals surface area contributed by atoms with Crippen LogP contribution in [-0.4, -0.2) is 86.1 Å². The highest BCUT2D eigenvalue weighted by Crippen LogP contribution is 2.38. The number of likely N-dealkylation sites (tertiary alicyclic amines) is 1. The highest BCUT2D eigenvalue weighted by atomic mass is 16.2. The quantitative estimate of drug-likeness (QED) is 0.433. The molecule has 0 unspecified atom stereocenters. The van der Waals surface area contributed by atoms with Crippen molar-refractivity contribution < 1.29 is 4.79 Å². The Morgan fingerprint density at radius 1 is 1.08 bits per heavy atom. The Kier molecular flexibility index (Phi) is 5.94. The predicted molar refractivity (Wildman–Crippen MR) is 151 cm³/mol. The summed E-state index contributed by atoms with van der Waals surface area (Å²) in [5, 5.41) is 4.40. The van der Waals surface area contributed by atoms with Crippen LogP contribution in [0.15, 0.2) is 24.7 Å². The van der Waals surface area contributed by atoms with Crippen molar-refractivity contribution in [1.29, 1.82) is 0 Å². The summed E-state index contributed by atoms with van der Waals surface area (Å²) < 4.78 is 1.86. The van der Waals surface area contributed by atoms with Gasteiger partial charge in [0.25, 0.3) is 0 Å². The van der Waals surface area contributed by atoms with Crippen molar-refractivity contribution in [3.05, 3.63) is 41.3 Å². The lowest BCUT2D eigenvalue weighted by Crippen LogP contribution is -2.57. The maximum absolute atomic E-state index is 12.8. The van der Waals surface area contributed by atoms with E-state index in [9.17, 15) is 4.79 Å². The second-order valence-electron chi connectivity index (χ2n) is 12.1. The van der Waals surface area contributed by atoms with Crippen LogP contribution < -0.4 is 4.90 Å². The fourth-order valence-corrected chi connectivity index (χ4v) is 6.23. The van der Waals surface area contributed by atoms with Gasteiger partial charge < -0.3 is 14.8 Å². The monoisotopic (exact) mass is 514 g/mol. The largest absolute Gasteiger partial charge is 0.353 e. The number of pyridine rings is 2. The standard InChI is InChI=1S/C29H38N8O/c1-18(2)25-26(21-13-37-28(30-17-31-37)20(4)19(21)3)32-22-7-8-23(33-27(22)25)35-9-11-36(12-10-35)24(38)14-34-15-29(5,6)16-34/h7-8,13,17-18,32H,9-12,14-16H2,1-6H3. The van der Waals surface area contributed by atoms with Crippen LogP contribution in [0.25, 0.3) is 27.9 Å². The van der Waals surface area contributed by atoms with Crippen molar-refractivity contribution in [3.8, 4) is 11.3 Å². The zero-order valence-electron chi connectivity index (χ0n) is 23.4. The van der Waals surface area contributed by atoms with Crippen LogP contribution in [0.2, 0.25) is 0 Å². The van der Waals surface area contributed by atoms with E-state index in [1.165, 1.54) is 11.1 Å². The maximum Gasteiger partial charge on any atom is 0.236 e. The smallest absolute Gasteiger partial charge is 0.236 e. The van der Waals surface area contributed by atoms with Crippen LogP contribution in [-0.2, 0) is 4.79 Å². The van der Waals surface area contributed by atoms with E-state index in [0.29, 0.717) is 12.0 Å². The van der Waals surface area contributed by atoms with Gasteiger partial charge in [0.1, 0.15) is 12.1 Å². The molecule has 1 amide bonds. The molecule has 0 spiro atoms. The molecule has 0 atom stereocenters. The van der Waals surface area contributed by atoms with Gasteiger partial charge in [0.2, 0.25) is 5.91 Å². The van der Waals surface area contributed by atoms with Gasteiger partial charge in [-0.3, -0.25) is 9.69 Å². The van der Waals surface area contributed by atoms with E-state index in [0.717, 1.165) is 78.6 Å². The third-order valence-corrected chi connectivity index (χ3v) is 8.26. The molecule has 200 valence electrons. The molecule has 2 aliphatic rings. The van der Waals surface area contributed by atoms with Gasteiger partial charge in [-0.05, 0) is 48.4 Å². The first-order valence-corrected chi connectivity index (χ1v) is 13.7. The molecule has 1 N–H and O–H groups in total. The minimum absolute atomic E-state index is 0.246. The number of hydrogen-bond acceptors (Lipinski definition) is 6. The van der Waals surface area contributed by atoms with Crippen molar-refractivity contribution in [3.63, 3.8) is 0 Å². The number of hydrogen-bond donors (Lipinski definition) is 1. The van der Waals surface area contributed by atoms with Gasteiger partial charge >= 0.3 is 0 Å². The molecular formula is C29H38N8O. The second-order valence-corrected chi connectivity index (χ2v) is 12.1. The number of nitrogens with one attached hydrogen (secondary N) is 1. The Balaban J connectivity index is 1.25. The van der Waals surface area contributed by atoms with Crippen LogP contribution in [0.5, 0.6) is 0 Å². The zero-order valence-corrected chi connectivity index (χ0v) is 23.4. The van der Waals surface area contributed by atoms with Crippen molar-refractivity contribution in [2.75, 3.05) is 50.7 Å². The molecule has 0 aromatic carbocycles. The number of nitrogens with zero attached hydrogens (tertiary/aromatic N) is 7. The molecule has 38 heavy (non-hydrogen) atoms. The van der Waals surface area contributed by atoms with Crippen LogP contribution in [0.4, 0.5) is 5.82 Å². The van der Waals surface area contributed by atoms with E-state index in [1.54, 1.807) is 6.33 Å². The van der Waals surface area contributed by atoms with Gasteiger partial charge in [-0.2, -0.15) is 5.10 Å². The van der Waals surface area contributed by atoms with E-state index >= 15 is 0 Å². The van der Waals surface area contributed by atoms with Gasteiger partial charge in [-0.1, -0.05) is 27.7 Å². The molecule has 0 aliphatic carbocycles. The van der Waals surface area contributed by atoms with Crippen LogP contribution in [0, 0.1) is 19.3 Å². The number of amides is 1. The topological polar surface area (TPSA) is 85.7 Å². The lowest BCUT2D eigenvalue weighted by molar-refractivity contribution is -0.135.